The van der Waals surface area contributed by atoms with Gasteiger partial charge in [0.2, 0.25) is 5.91 Å². The molecule has 174 valence electrons. The molecular formula is C25H31Cl2FN2O2. The van der Waals surface area contributed by atoms with Gasteiger partial charge in [-0.3, -0.25) is 4.79 Å². The van der Waals surface area contributed by atoms with Crippen molar-refractivity contribution in [2.75, 3.05) is 33.4 Å². The first-order valence-electron chi connectivity index (χ1n) is 10.8. The fraction of sp³-hybridized carbons (Fsp3) is 0.480. The van der Waals surface area contributed by atoms with Gasteiger partial charge in [0.15, 0.2) is 0 Å². The maximum Gasteiger partial charge on any atom is 0.224 e. The Balaban J connectivity index is 2.10. The summed E-state index contributed by atoms with van der Waals surface area (Å²) in [5.41, 5.74) is 7.29. The average molecular weight is 481 g/mol. The van der Waals surface area contributed by atoms with Gasteiger partial charge in [0, 0.05) is 29.1 Å². The lowest BCUT2D eigenvalue weighted by Gasteiger charge is -2.52. The molecule has 2 aromatic rings. The number of nitrogens with two attached hydrogens (primary N) is 1. The van der Waals surface area contributed by atoms with Gasteiger partial charge in [-0.15, -0.1) is 0 Å². The van der Waals surface area contributed by atoms with Crippen LogP contribution in [0.25, 0.3) is 0 Å². The number of hydrogen-bond acceptors (Lipinski definition) is 3. The van der Waals surface area contributed by atoms with Crippen molar-refractivity contribution in [2.24, 2.45) is 11.1 Å². The molecule has 1 fully saturated rings. The normalized spacial score (nSPS) is 18.3. The highest BCUT2D eigenvalue weighted by molar-refractivity contribution is 6.34. The summed E-state index contributed by atoms with van der Waals surface area (Å²) in [4.78, 5) is 15.5. The lowest BCUT2D eigenvalue weighted by molar-refractivity contribution is -0.133. The van der Waals surface area contributed by atoms with Crippen molar-refractivity contribution >= 4 is 29.1 Å². The molecule has 1 amide bonds. The van der Waals surface area contributed by atoms with E-state index < -0.39 is 10.8 Å². The van der Waals surface area contributed by atoms with Crippen LogP contribution in [-0.2, 0) is 21.4 Å². The monoisotopic (exact) mass is 480 g/mol. The van der Waals surface area contributed by atoms with Crippen LogP contribution in [0, 0.1) is 18.2 Å². The van der Waals surface area contributed by atoms with Gasteiger partial charge in [-0.25, -0.2) is 4.39 Å². The van der Waals surface area contributed by atoms with E-state index in [0.717, 1.165) is 49.2 Å². The third kappa shape index (κ3) is 4.96. The third-order valence-corrected chi connectivity index (χ3v) is 7.54. The van der Waals surface area contributed by atoms with E-state index in [0.29, 0.717) is 23.1 Å². The van der Waals surface area contributed by atoms with Gasteiger partial charge in [0.1, 0.15) is 5.82 Å². The zero-order valence-electron chi connectivity index (χ0n) is 18.9. The molecule has 7 heteroatoms. The predicted molar refractivity (Wildman–Crippen MR) is 128 cm³/mol. The summed E-state index contributed by atoms with van der Waals surface area (Å²) < 4.78 is 19.2. The largest absolute Gasteiger partial charge is 0.383 e. The molecule has 1 atom stereocenters. The fourth-order valence-electron chi connectivity index (χ4n) is 5.27. The summed E-state index contributed by atoms with van der Waals surface area (Å²) in [6.45, 7) is 6.88. The van der Waals surface area contributed by atoms with Crippen LogP contribution in [0.1, 0.15) is 36.5 Å². The molecule has 0 radical (unpaired) electrons. The molecule has 4 nitrogen and oxygen atoms in total. The second-order valence-electron chi connectivity index (χ2n) is 9.03. The maximum atomic E-state index is 14.0. The van der Waals surface area contributed by atoms with Crippen molar-refractivity contribution in [3.05, 3.63) is 69.0 Å². The van der Waals surface area contributed by atoms with Crippen molar-refractivity contribution in [1.29, 1.82) is 0 Å². The van der Waals surface area contributed by atoms with E-state index in [1.165, 1.54) is 12.1 Å². The van der Waals surface area contributed by atoms with E-state index in [2.05, 4.69) is 4.90 Å². The second-order valence-corrected chi connectivity index (χ2v) is 9.90. The molecule has 1 unspecified atom stereocenters. The predicted octanol–water partition coefficient (Wildman–Crippen LogP) is 5.16. The summed E-state index contributed by atoms with van der Waals surface area (Å²) >= 11 is 12.5. The van der Waals surface area contributed by atoms with E-state index in [1.54, 1.807) is 13.2 Å². The quantitative estimate of drug-likeness (QED) is 0.567. The number of methoxy groups -OCH3 is 1. The number of aryl methyl sites for hydroxylation is 1. The fourth-order valence-corrected chi connectivity index (χ4v) is 5.85. The van der Waals surface area contributed by atoms with Crippen LogP contribution in [0.4, 0.5) is 4.39 Å². The molecule has 2 N–H and O–H groups in total. The van der Waals surface area contributed by atoms with E-state index in [4.69, 9.17) is 33.7 Å². The Labute approximate surface area is 199 Å². The van der Waals surface area contributed by atoms with E-state index >= 15 is 0 Å². The van der Waals surface area contributed by atoms with E-state index in [1.807, 2.05) is 32.0 Å². The Hall–Kier alpha value is -1.66. The van der Waals surface area contributed by atoms with Gasteiger partial charge >= 0.3 is 0 Å². The van der Waals surface area contributed by atoms with Crippen LogP contribution in [0.3, 0.4) is 0 Å². The van der Waals surface area contributed by atoms with Crippen molar-refractivity contribution in [2.45, 2.75) is 38.5 Å². The maximum absolute atomic E-state index is 14.0. The SMILES string of the molecule is COCCN1CCC(c2ccc(F)cc2C)(C(C)(Cc2cc(Cl)cc(Cl)c2)C(N)=O)CC1. The minimum Gasteiger partial charge on any atom is -0.383 e. The molecule has 0 bridgehead atoms. The van der Waals surface area contributed by atoms with Crippen LogP contribution >= 0.6 is 23.2 Å². The number of carbonyl (C=O) groups is 1. The number of carbonyl (C=O) groups excluding carboxylic acids is 1. The smallest absolute Gasteiger partial charge is 0.224 e. The molecule has 0 spiro atoms. The van der Waals surface area contributed by atoms with Crippen LogP contribution in [0.2, 0.25) is 10.0 Å². The zero-order chi connectivity index (χ0) is 23.5. The second kappa shape index (κ2) is 10.1. The number of rotatable bonds is 8. The summed E-state index contributed by atoms with van der Waals surface area (Å²) in [5, 5.41) is 1.03. The number of likely N-dealkylation sites (tertiary alicyclic amines) is 1. The molecule has 0 aromatic heterocycles. The first-order valence-corrected chi connectivity index (χ1v) is 11.6. The highest BCUT2D eigenvalue weighted by Crippen LogP contribution is 2.52. The first kappa shape index (κ1) is 25.0. The van der Waals surface area contributed by atoms with Gasteiger partial charge < -0.3 is 15.4 Å². The van der Waals surface area contributed by atoms with Crippen LogP contribution < -0.4 is 5.73 Å². The number of piperidine rings is 1. The van der Waals surface area contributed by atoms with Crippen LogP contribution in [0.5, 0.6) is 0 Å². The molecule has 1 saturated heterocycles. The highest BCUT2D eigenvalue weighted by atomic mass is 35.5. The first-order chi connectivity index (χ1) is 15.1. The van der Waals surface area contributed by atoms with Crippen LogP contribution in [-0.4, -0.2) is 44.2 Å². The van der Waals surface area contributed by atoms with Crippen molar-refractivity contribution in [1.82, 2.24) is 4.90 Å². The van der Waals surface area contributed by atoms with Gasteiger partial charge in [-0.05, 0) is 93.2 Å². The summed E-state index contributed by atoms with van der Waals surface area (Å²) in [5.74, 6) is -0.677. The standard InChI is InChI=1S/C25H31Cl2FN2O2/c1-17-12-21(28)4-5-22(17)25(6-8-30(9-7-25)10-11-32-3)24(2,23(29)31)16-18-13-19(26)15-20(27)14-18/h4-5,12-15H,6-11,16H2,1-3H3,(H2,29,31). The van der Waals surface area contributed by atoms with E-state index in [-0.39, 0.29) is 11.7 Å². The number of primary amides is 1. The number of amides is 1. The molecule has 3 rings (SSSR count). The minimum absolute atomic E-state index is 0.290. The Morgan fingerprint density at radius 3 is 2.34 bits per heavy atom. The molecule has 1 heterocycles. The summed E-state index contributed by atoms with van der Waals surface area (Å²) in [6.07, 6.45) is 1.82. The molecule has 32 heavy (non-hydrogen) atoms. The van der Waals surface area contributed by atoms with Gasteiger partial charge in [0.05, 0.1) is 12.0 Å². The number of nitrogens with zero attached hydrogens (tertiary/aromatic N) is 1. The number of benzene rings is 2. The summed E-state index contributed by atoms with van der Waals surface area (Å²) in [7, 11) is 1.69. The molecule has 1 aliphatic rings. The van der Waals surface area contributed by atoms with E-state index in [9.17, 15) is 9.18 Å². The average Bonchev–Trinajstić information content (AvgIpc) is 2.71. The van der Waals surface area contributed by atoms with Crippen molar-refractivity contribution in [3.63, 3.8) is 0 Å². The van der Waals surface area contributed by atoms with Crippen LogP contribution in [0.15, 0.2) is 36.4 Å². The Morgan fingerprint density at radius 2 is 1.81 bits per heavy atom. The highest BCUT2D eigenvalue weighted by Gasteiger charge is 2.54. The lowest BCUT2D eigenvalue weighted by atomic mass is 9.53. The molecule has 0 aliphatic carbocycles. The topological polar surface area (TPSA) is 55.6 Å². The number of ether oxygens (including phenoxy) is 1. The van der Waals surface area contributed by atoms with Crippen molar-refractivity contribution in [3.8, 4) is 0 Å². The van der Waals surface area contributed by atoms with Gasteiger partial charge in [-0.2, -0.15) is 0 Å². The third-order valence-electron chi connectivity index (χ3n) is 7.11. The Bertz CT molecular complexity index is 956. The number of hydrogen-bond donors (Lipinski definition) is 1. The molecular weight excluding hydrogens is 450 g/mol. The van der Waals surface area contributed by atoms with Gasteiger partial charge in [0.25, 0.3) is 0 Å². The zero-order valence-corrected chi connectivity index (χ0v) is 20.4. The molecule has 1 aliphatic heterocycles. The molecule has 0 saturated carbocycles. The summed E-state index contributed by atoms with van der Waals surface area (Å²) in [6, 6.07) is 10.1. The lowest BCUT2D eigenvalue weighted by Crippen LogP contribution is -2.58. The minimum atomic E-state index is -0.934. The van der Waals surface area contributed by atoms with Crippen molar-refractivity contribution < 1.29 is 13.9 Å². The molecule has 2 aromatic carbocycles. The number of halogens is 3. The Morgan fingerprint density at radius 1 is 1.19 bits per heavy atom. The Kier molecular flexibility index (Phi) is 7.87. The van der Waals surface area contributed by atoms with Gasteiger partial charge in [-0.1, -0.05) is 29.3 Å².